The molecule has 0 amide bonds. The van der Waals surface area contributed by atoms with Gasteiger partial charge in [0.2, 0.25) is 0 Å². The second kappa shape index (κ2) is 16.2. The van der Waals surface area contributed by atoms with Gasteiger partial charge in [0.25, 0.3) is 31.2 Å². The van der Waals surface area contributed by atoms with Crippen LogP contribution in [0.25, 0.3) is 49.3 Å². The largest absolute Gasteiger partial charge is 1.00 e. The van der Waals surface area contributed by atoms with Gasteiger partial charge in [-0.25, -0.2) is 30.0 Å². The van der Waals surface area contributed by atoms with Crippen LogP contribution in [0.15, 0.2) is 63.9 Å². The zero-order chi connectivity index (χ0) is 35.6. The molecule has 0 spiro atoms. The molecule has 0 unspecified atom stereocenters. The number of benzene rings is 3. The summed E-state index contributed by atoms with van der Waals surface area (Å²) in [7, 11) is -12.4. The predicted octanol–water partition coefficient (Wildman–Crippen LogP) is -6.43. The summed E-state index contributed by atoms with van der Waals surface area (Å²) < 4.78 is 140. The van der Waals surface area contributed by atoms with E-state index in [0.29, 0.717) is 0 Å². The first kappa shape index (κ1) is 44.1. The molecule has 258 valence electrons. The smallest absolute Gasteiger partial charge is 0.716 e. The molecule has 0 saturated carbocycles. The molecule has 0 saturated heterocycles. The molecule has 3 heterocycles. The van der Waals surface area contributed by atoms with Gasteiger partial charge in [-0.15, -0.1) is 0 Å². The van der Waals surface area contributed by atoms with E-state index in [-0.39, 0.29) is 155 Å². The third-order valence-electron chi connectivity index (χ3n) is 7.16. The summed E-state index contributed by atoms with van der Waals surface area (Å²) in [5.41, 5.74) is -0.935. The SMILES string of the molecule is COc1ccc(-c2c3c4cc(OC)c(OS(=O)(=O)[O-])cc4oc(=O)c3n3ccc4cc(OS(=O)(=O)[O-])c(OC)cc4c23)cc1OS(=O)(=O)[O-].[Na+].[Na+].[Na+]. The monoisotopic (exact) mass is 805 g/mol. The number of ether oxygens (including phenoxy) is 3. The van der Waals surface area contributed by atoms with E-state index in [1.165, 1.54) is 61.2 Å². The average Bonchev–Trinajstić information content (AvgIpc) is 3.34. The Balaban J connectivity index is 0.00000243. The first-order valence-corrected chi connectivity index (χ1v) is 17.2. The van der Waals surface area contributed by atoms with Crippen molar-refractivity contribution in [2.45, 2.75) is 0 Å². The van der Waals surface area contributed by atoms with Crippen molar-refractivity contribution in [3.05, 3.63) is 65.1 Å². The number of rotatable bonds is 10. The van der Waals surface area contributed by atoms with E-state index in [1.807, 2.05) is 0 Å². The Morgan fingerprint density at radius 2 is 1.10 bits per heavy atom. The van der Waals surface area contributed by atoms with Crippen molar-refractivity contribution in [1.29, 1.82) is 0 Å². The summed E-state index contributed by atoms with van der Waals surface area (Å²) in [5, 5.41) is 0.697. The van der Waals surface area contributed by atoms with Gasteiger partial charge in [-0.1, -0.05) is 6.07 Å². The number of hydrogen-bond donors (Lipinski definition) is 0. The fraction of sp³-hybridized carbons (Fsp3) is 0.107. The van der Waals surface area contributed by atoms with Crippen molar-refractivity contribution in [2.75, 3.05) is 21.3 Å². The summed E-state index contributed by atoms with van der Waals surface area (Å²) in [5.74, 6) is -2.23. The molecule has 6 aromatic rings. The third-order valence-corrected chi connectivity index (χ3v) is 8.31. The third kappa shape index (κ3) is 8.80. The molecule has 0 aliphatic carbocycles. The number of fused-ring (bicyclic) bond motifs is 7. The molecule has 52 heavy (non-hydrogen) atoms. The molecule has 3 aromatic carbocycles. The first-order valence-electron chi connectivity index (χ1n) is 13.2. The van der Waals surface area contributed by atoms with Crippen molar-refractivity contribution < 1.29 is 159 Å². The Morgan fingerprint density at radius 3 is 1.62 bits per heavy atom. The van der Waals surface area contributed by atoms with Crippen LogP contribution in [0.3, 0.4) is 0 Å². The van der Waals surface area contributed by atoms with Crippen LogP contribution >= 0.6 is 0 Å². The van der Waals surface area contributed by atoms with Crippen LogP contribution in [0.1, 0.15) is 0 Å². The summed E-state index contributed by atoms with van der Waals surface area (Å²) in [6.45, 7) is 0. The van der Waals surface area contributed by atoms with Gasteiger partial charge in [0, 0.05) is 34.0 Å². The van der Waals surface area contributed by atoms with E-state index in [0.717, 1.165) is 19.2 Å². The van der Waals surface area contributed by atoms with E-state index in [4.69, 9.17) is 18.6 Å². The Hall–Kier alpha value is -2.32. The fourth-order valence-corrected chi connectivity index (χ4v) is 6.52. The quantitative estimate of drug-likeness (QED) is 0.0539. The van der Waals surface area contributed by atoms with E-state index >= 15 is 0 Å². The molecular formula is C28H18NNa3O17S3. The van der Waals surface area contributed by atoms with Crippen molar-refractivity contribution >= 4 is 69.4 Å². The molecular weight excluding hydrogens is 787 g/mol. The second-order valence-corrected chi connectivity index (χ2v) is 12.9. The maximum absolute atomic E-state index is 13.7. The Labute approximate surface area is 360 Å². The van der Waals surface area contributed by atoms with Crippen molar-refractivity contribution in [2.24, 2.45) is 0 Å². The van der Waals surface area contributed by atoms with E-state index in [1.54, 1.807) is 0 Å². The van der Waals surface area contributed by atoms with Gasteiger partial charge in [0.15, 0.2) is 34.5 Å². The molecule has 0 fully saturated rings. The topological polar surface area (TPSA) is 262 Å². The zero-order valence-electron chi connectivity index (χ0n) is 27.8. The molecule has 18 nitrogen and oxygen atoms in total. The normalized spacial score (nSPS) is 11.7. The van der Waals surface area contributed by atoms with Crippen molar-refractivity contribution in [1.82, 2.24) is 4.40 Å². The predicted molar refractivity (Wildman–Crippen MR) is 165 cm³/mol. The Morgan fingerprint density at radius 1 is 0.596 bits per heavy atom. The number of aromatic nitrogens is 1. The van der Waals surface area contributed by atoms with Crippen LogP contribution in [0.4, 0.5) is 0 Å². The number of pyridine rings is 1. The van der Waals surface area contributed by atoms with Crippen LogP contribution in [-0.2, 0) is 31.2 Å². The molecule has 6 rings (SSSR count). The van der Waals surface area contributed by atoms with Crippen molar-refractivity contribution in [3.8, 4) is 45.6 Å². The minimum Gasteiger partial charge on any atom is -0.716 e. The molecule has 0 atom stereocenters. The summed E-state index contributed by atoms with van der Waals surface area (Å²) >= 11 is 0. The Bertz CT molecular complexity index is 2770. The minimum absolute atomic E-state index is 0. The van der Waals surface area contributed by atoms with Crippen LogP contribution in [0, 0.1) is 0 Å². The maximum atomic E-state index is 13.7. The number of nitrogens with zero attached hydrogens (tertiary/aromatic N) is 1. The van der Waals surface area contributed by atoms with Gasteiger partial charge in [0.05, 0.1) is 26.8 Å². The number of hydrogen-bond acceptors (Lipinski definition) is 17. The molecule has 3 aromatic heterocycles. The maximum Gasteiger partial charge on any atom is 1.00 e. The summed E-state index contributed by atoms with van der Waals surface area (Å²) in [6.07, 6.45) is 1.40. The van der Waals surface area contributed by atoms with E-state index in [9.17, 15) is 43.7 Å². The second-order valence-electron chi connectivity index (χ2n) is 9.95. The van der Waals surface area contributed by atoms with Crippen molar-refractivity contribution in [3.63, 3.8) is 0 Å². The van der Waals surface area contributed by atoms with Gasteiger partial charge < -0.3 is 49.2 Å². The molecule has 0 aliphatic heterocycles. The van der Waals surface area contributed by atoms with Crippen LogP contribution in [-0.4, -0.2) is 64.6 Å². The average molecular weight is 806 g/mol. The number of methoxy groups -OCH3 is 3. The van der Waals surface area contributed by atoms with E-state index < -0.39 is 54.1 Å². The summed E-state index contributed by atoms with van der Waals surface area (Å²) in [6, 6.07) is 9.97. The van der Waals surface area contributed by atoms with Gasteiger partial charge >= 0.3 is 94.3 Å². The van der Waals surface area contributed by atoms with Gasteiger partial charge in [-0.2, -0.15) is 0 Å². The van der Waals surface area contributed by atoms with Crippen LogP contribution in [0.2, 0.25) is 0 Å². The fourth-order valence-electron chi connectivity index (χ4n) is 5.47. The Kier molecular flexibility index (Phi) is 13.7. The first-order chi connectivity index (χ1) is 22.9. The standard InChI is InChI=1S/C28H21NO17S3.3Na/c1-40-17-5-4-14(9-21(17)44-47(31,32)33)24-25-16-11-20(42-3)23(46-49(37,38)39)12-18(16)43-28(30)27(25)29-7-6-13-8-22(45-48(34,35)36)19(41-2)10-15(13)26(24)29;;;/h4-12H,1-3H3,(H,31,32,33)(H,34,35,36)(H,37,38,39);;;/q;3*+1/p-3. The summed E-state index contributed by atoms with van der Waals surface area (Å²) in [4.78, 5) is 13.7. The zero-order valence-corrected chi connectivity index (χ0v) is 36.3. The molecule has 0 radical (unpaired) electrons. The van der Waals surface area contributed by atoms with Gasteiger partial charge in [-0.3, -0.25) is 0 Å². The molecule has 0 N–H and O–H groups in total. The van der Waals surface area contributed by atoms with Crippen LogP contribution in [0.5, 0.6) is 34.5 Å². The molecule has 0 aliphatic rings. The molecule has 24 heteroatoms. The van der Waals surface area contributed by atoms with Gasteiger partial charge in [0.1, 0.15) is 11.1 Å². The minimum atomic E-state index is -5.32. The van der Waals surface area contributed by atoms with Gasteiger partial charge in [-0.05, 0) is 47.3 Å². The van der Waals surface area contributed by atoms with Crippen LogP contribution < -0.4 is 121 Å². The van der Waals surface area contributed by atoms with E-state index in [2.05, 4.69) is 12.5 Å². The molecule has 0 bridgehead atoms.